The average Bonchev–Trinajstić information content (AvgIpc) is 3.22. The molecule has 1 aromatic carbocycles. The second-order valence-corrected chi connectivity index (χ2v) is 6.62. The molecule has 0 unspecified atom stereocenters. The Morgan fingerprint density at radius 3 is 2.89 bits per heavy atom. The Morgan fingerprint density at radius 1 is 1.33 bits per heavy atom. The summed E-state index contributed by atoms with van der Waals surface area (Å²) in [5.74, 6) is -0.603. The van der Waals surface area contributed by atoms with Crippen molar-refractivity contribution in [3.8, 4) is 0 Å². The fraction of sp³-hybridized carbons (Fsp3) is 0.300. The van der Waals surface area contributed by atoms with E-state index in [1.165, 1.54) is 6.07 Å². The van der Waals surface area contributed by atoms with Gasteiger partial charge >= 0.3 is 0 Å². The summed E-state index contributed by atoms with van der Waals surface area (Å²) in [6.07, 6.45) is 6.97. The van der Waals surface area contributed by atoms with Gasteiger partial charge in [0.15, 0.2) is 0 Å². The number of hydrogen-bond acceptors (Lipinski definition) is 4. The molecule has 0 aliphatic carbocycles. The number of amides is 1. The van der Waals surface area contributed by atoms with Crippen LogP contribution in [0.1, 0.15) is 22.5 Å². The molecule has 2 N–H and O–H groups in total. The summed E-state index contributed by atoms with van der Waals surface area (Å²) in [5, 5.41) is 2.81. The number of carbonyl (C=O) groups excluding carboxylic acids is 1. The lowest BCUT2D eigenvalue weighted by Gasteiger charge is -2.25. The molecule has 4 rings (SSSR count). The summed E-state index contributed by atoms with van der Waals surface area (Å²) >= 11 is 0. The van der Waals surface area contributed by atoms with Gasteiger partial charge in [-0.05, 0) is 25.1 Å². The highest BCUT2D eigenvalue weighted by molar-refractivity contribution is 6.35. The van der Waals surface area contributed by atoms with Crippen molar-refractivity contribution in [1.82, 2.24) is 14.9 Å². The van der Waals surface area contributed by atoms with Crippen LogP contribution in [-0.2, 0) is 9.53 Å². The molecule has 1 aromatic heterocycles. The second-order valence-electron chi connectivity index (χ2n) is 6.62. The Labute approximate surface area is 156 Å². The molecule has 6 nitrogen and oxygen atoms in total. The third-order valence-corrected chi connectivity index (χ3v) is 4.86. The van der Waals surface area contributed by atoms with E-state index in [2.05, 4.69) is 20.2 Å². The van der Waals surface area contributed by atoms with Gasteiger partial charge in [-0.25, -0.2) is 9.37 Å². The van der Waals surface area contributed by atoms with Crippen molar-refractivity contribution in [3.05, 3.63) is 52.9 Å². The van der Waals surface area contributed by atoms with Gasteiger partial charge in [0.25, 0.3) is 5.91 Å². The molecule has 0 saturated carbocycles. The third kappa shape index (κ3) is 3.56. The molecule has 2 aliphatic rings. The fourth-order valence-corrected chi connectivity index (χ4v) is 3.35. The van der Waals surface area contributed by atoms with Crippen LogP contribution in [0.2, 0.25) is 0 Å². The zero-order valence-corrected chi connectivity index (χ0v) is 15.1. The first-order valence-corrected chi connectivity index (χ1v) is 8.96. The summed E-state index contributed by atoms with van der Waals surface area (Å²) in [7, 11) is 0. The van der Waals surface area contributed by atoms with Crippen LogP contribution in [-0.4, -0.2) is 53.6 Å². The number of halogens is 1. The van der Waals surface area contributed by atoms with Crippen LogP contribution in [0, 0.1) is 12.7 Å². The number of fused-ring (bicyclic) bond motifs is 1. The first kappa shape index (κ1) is 17.6. The molecule has 27 heavy (non-hydrogen) atoms. The molecule has 140 valence electrons. The number of aryl methyl sites for hydroxylation is 1. The quantitative estimate of drug-likeness (QED) is 0.814. The van der Waals surface area contributed by atoms with E-state index < -0.39 is 0 Å². The second kappa shape index (κ2) is 7.46. The molecule has 7 heteroatoms. The topological polar surface area (TPSA) is 70.2 Å². The van der Waals surface area contributed by atoms with Gasteiger partial charge in [0.2, 0.25) is 0 Å². The Bertz CT molecular complexity index is 926. The van der Waals surface area contributed by atoms with Crippen molar-refractivity contribution in [3.63, 3.8) is 0 Å². The van der Waals surface area contributed by atoms with E-state index in [-0.39, 0.29) is 11.7 Å². The largest absolute Gasteiger partial charge is 0.379 e. The van der Waals surface area contributed by atoms with Crippen LogP contribution in [0.4, 0.5) is 10.1 Å². The van der Waals surface area contributed by atoms with E-state index in [0.717, 1.165) is 32.0 Å². The van der Waals surface area contributed by atoms with Crippen LogP contribution >= 0.6 is 0 Å². The number of imidazole rings is 1. The molecule has 0 atom stereocenters. The monoisotopic (exact) mass is 368 g/mol. The maximum Gasteiger partial charge on any atom is 0.256 e. The number of nitrogens with zero attached hydrogens (tertiary/aromatic N) is 2. The van der Waals surface area contributed by atoms with Crippen LogP contribution in [0.5, 0.6) is 0 Å². The van der Waals surface area contributed by atoms with Gasteiger partial charge in [0.1, 0.15) is 5.82 Å². The summed E-state index contributed by atoms with van der Waals surface area (Å²) < 4.78 is 19.9. The van der Waals surface area contributed by atoms with Crippen LogP contribution in [0.15, 0.2) is 24.5 Å². The Kier molecular flexibility index (Phi) is 4.87. The molecular formula is C20H21FN4O2. The lowest BCUT2D eigenvalue weighted by molar-refractivity contribution is -0.110. The van der Waals surface area contributed by atoms with Gasteiger partial charge in [-0.15, -0.1) is 0 Å². The summed E-state index contributed by atoms with van der Waals surface area (Å²) in [4.78, 5) is 21.9. The number of benzene rings is 1. The first-order chi connectivity index (χ1) is 13.1. The van der Waals surface area contributed by atoms with Crippen molar-refractivity contribution < 1.29 is 13.9 Å². The molecule has 2 aliphatic heterocycles. The normalized spacial score (nSPS) is 19.0. The maximum absolute atomic E-state index is 14.6. The maximum atomic E-state index is 14.6. The minimum absolute atomic E-state index is 0.249. The zero-order chi connectivity index (χ0) is 18.8. The standard InChI is InChI=1S/C20H21FN4O2/c1-13-18(23-12-22-13)11-15-19-14(3-2-6-25-7-9-27-10-8-25)16(21)4-5-17(19)24-20(15)26/h2-5,11-12H,6-10H2,1H3,(H,22,23)(H,24,26)/b3-2?,15-11-. The Hall–Kier alpha value is -2.77. The molecule has 3 heterocycles. The summed E-state index contributed by atoms with van der Waals surface area (Å²) in [6.45, 7) is 5.76. The van der Waals surface area contributed by atoms with E-state index >= 15 is 0 Å². The molecule has 0 bridgehead atoms. The number of anilines is 1. The average molecular weight is 368 g/mol. The number of rotatable bonds is 4. The van der Waals surface area contributed by atoms with Crippen molar-refractivity contribution in [1.29, 1.82) is 0 Å². The first-order valence-electron chi connectivity index (χ1n) is 8.96. The number of hydrogen-bond donors (Lipinski definition) is 2. The summed E-state index contributed by atoms with van der Waals surface area (Å²) in [5.41, 5.74) is 3.56. The smallest absolute Gasteiger partial charge is 0.256 e. The van der Waals surface area contributed by atoms with Gasteiger partial charge < -0.3 is 15.0 Å². The number of aromatic amines is 1. The lowest BCUT2D eigenvalue weighted by atomic mass is 9.98. The molecule has 0 radical (unpaired) electrons. The van der Waals surface area contributed by atoms with Gasteiger partial charge in [-0.1, -0.05) is 12.2 Å². The molecule has 1 saturated heterocycles. The highest BCUT2D eigenvalue weighted by Crippen LogP contribution is 2.37. The molecule has 0 spiro atoms. The van der Waals surface area contributed by atoms with Gasteiger partial charge in [0, 0.05) is 42.1 Å². The molecule has 1 amide bonds. The number of morpholine rings is 1. The number of nitrogens with one attached hydrogen (secondary N) is 2. The van der Waals surface area contributed by atoms with Gasteiger partial charge in [-0.3, -0.25) is 9.69 Å². The fourth-order valence-electron chi connectivity index (χ4n) is 3.35. The van der Waals surface area contributed by atoms with Crippen LogP contribution in [0.25, 0.3) is 17.7 Å². The highest BCUT2D eigenvalue weighted by Gasteiger charge is 2.28. The number of ether oxygens (including phenoxy) is 1. The van der Waals surface area contributed by atoms with E-state index in [1.54, 1.807) is 24.5 Å². The summed E-state index contributed by atoms with van der Waals surface area (Å²) in [6, 6.07) is 2.98. The van der Waals surface area contributed by atoms with Crippen molar-refractivity contribution in [2.45, 2.75) is 6.92 Å². The van der Waals surface area contributed by atoms with E-state index in [4.69, 9.17) is 4.74 Å². The zero-order valence-electron chi connectivity index (χ0n) is 15.1. The number of carbonyl (C=O) groups is 1. The molecule has 2 aromatic rings. The van der Waals surface area contributed by atoms with E-state index in [0.29, 0.717) is 34.6 Å². The predicted octanol–water partition coefficient (Wildman–Crippen LogP) is 2.70. The van der Waals surface area contributed by atoms with Crippen molar-refractivity contribution in [2.24, 2.45) is 0 Å². The van der Waals surface area contributed by atoms with E-state index in [9.17, 15) is 9.18 Å². The third-order valence-electron chi connectivity index (χ3n) is 4.86. The number of H-pyrrole nitrogens is 1. The highest BCUT2D eigenvalue weighted by atomic mass is 19.1. The SMILES string of the molecule is Cc1[nH]cnc1/C=C1\C(=O)Nc2ccc(F)c(C=CCN3CCOCC3)c21. The van der Waals surface area contributed by atoms with Gasteiger partial charge in [0.05, 0.1) is 30.8 Å². The predicted molar refractivity (Wildman–Crippen MR) is 103 cm³/mol. The molecular weight excluding hydrogens is 347 g/mol. The van der Waals surface area contributed by atoms with Gasteiger partial charge in [-0.2, -0.15) is 0 Å². The van der Waals surface area contributed by atoms with Crippen LogP contribution in [0.3, 0.4) is 0 Å². The van der Waals surface area contributed by atoms with E-state index in [1.807, 2.05) is 13.0 Å². The Balaban J connectivity index is 1.68. The molecule has 1 fully saturated rings. The minimum atomic E-state index is -0.354. The Morgan fingerprint density at radius 2 is 2.15 bits per heavy atom. The number of aromatic nitrogens is 2. The van der Waals surface area contributed by atoms with Crippen molar-refractivity contribution >= 4 is 29.3 Å². The van der Waals surface area contributed by atoms with Crippen molar-refractivity contribution in [2.75, 3.05) is 38.2 Å². The lowest BCUT2D eigenvalue weighted by Crippen LogP contribution is -2.36. The minimum Gasteiger partial charge on any atom is -0.379 e. The van der Waals surface area contributed by atoms with Crippen LogP contribution < -0.4 is 5.32 Å².